The second-order valence-electron chi connectivity index (χ2n) is 12.5. The van der Waals surface area contributed by atoms with Crippen LogP contribution in [0.2, 0.25) is 0 Å². The highest BCUT2D eigenvalue weighted by atomic mass is 19.1. The highest BCUT2D eigenvalue weighted by Gasteiger charge is 2.66. The number of morpholine rings is 1. The van der Waals surface area contributed by atoms with Crippen LogP contribution in [-0.2, 0) is 34.0 Å². The quantitative estimate of drug-likeness (QED) is 0.0525. The summed E-state index contributed by atoms with van der Waals surface area (Å²) in [5, 5.41) is 83.4. The first-order valence-corrected chi connectivity index (χ1v) is 14.2. The molecule has 0 spiro atoms. The number of nitrogens with one attached hydrogen (secondary N) is 1. The molecule has 2 aliphatic heterocycles. The number of hydrogen-bond donors (Lipinski definition) is 9. The minimum absolute atomic E-state index is 0.0218. The van der Waals surface area contributed by atoms with Crippen LogP contribution >= 0.6 is 0 Å². The highest BCUT2D eigenvalue weighted by Crippen LogP contribution is 2.41. The molecule has 2 amide bonds. The van der Waals surface area contributed by atoms with Crippen LogP contribution in [0.1, 0.15) is 27.0 Å². The van der Waals surface area contributed by atoms with Crippen molar-refractivity contribution in [1.82, 2.24) is 15.1 Å². The van der Waals surface area contributed by atoms with Gasteiger partial charge in [-0.15, -0.1) is 0 Å². The molecule has 16 nitrogen and oxygen atoms in total. The Kier molecular flexibility index (Phi) is 9.39. The maximum atomic E-state index is 15.4. The number of hydrogen-bond acceptors (Lipinski definition) is 15. The fourth-order valence-electron chi connectivity index (χ4n) is 5.62. The SMILES string of the molecule is BC1(O)OC(O)(O)C(B)(O)N(Cc2ccc(COc3cccc(C=O)c3CN(C)[C@@H]3C(=O)NC(=O)C(O)(O)C3(O)O)c(F)c2)C1(B)B. The number of carbonyl (C=O) groups is 3. The second kappa shape index (κ2) is 12.0. The minimum Gasteiger partial charge on any atom is -0.488 e. The van der Waals surface area contributed by atoms with Gasteiger partial charge in [0, 0.05) is 35.1 Å². The maximum absolute atomic E-state index is 15.4. The van der Waals surface area contributed by atoms with Crippen LogP contribution in [-0.4, -0.2) is 147 Å². The number of rotatable bonds is 9. The van der Waals surface area contributed by atoms with Gasteiger partial charge in [-0.25, -0.2) is 4.39 Å². The molecule has 2 aromatic carbocycles. The number of likely N-dealkylation sites (N-methyl/N-ethyl adjacent to an activating group) is 1. The van der Waals surface area contributed by atoms with Gasteiger partial charge in [0.05, 0.1) is 0 Å². The van der Waals surface area contributed by atoms with Gasteiger partial charge in [-0.05, 0) is 24.7 Å². The van der Waals surface area contributed by atoms with Crippen LogP contribution in [0.25, 0.3) is 0 Å². The molecule has 2 unspecified atom stereocenters. The number of benzene rings is 2. The van der Waals surface area contributed by atoms with E-state index in [1.165, 1.54) is 60.9 Å². The molecule has 2 fully saturated rings. The number of nitrogens with zero attached hydrogens (tertiary/aromatic N) is 2. The summed E-state index contributed by atoms with van der Waals surface area (Å²) < 4.78 is 26.1. The predicted octanol–water partition coefficient (Wildman–Crippen LogP) is -8.02. The summed E-state index contributed by atoms with van der Waals surface area (Å²) in [7, 11) is 6.41. The molecule has 0 bridgehead atoms. The lowest BCUT2D eigenvalue weighted by Crippen LogP contribution is -2.84. The third-order valence-electron chi connectivity index (χ3n) is 8.98. The monoisotopic (exact) mass is 659 g/mol. The van der Waals surface area contributed by atoms with Gasteiger partial charge < -0.3 is 50.3 Å². The van der Waals surface area contributed by atoms with E-state index in [-0.39, 0.29) is 34.5 Å². The molecule has 2 aliphatic rings. The number of piperidine rings is 1. The number of halogens is 1. The van der Waals surface area contributed by atoms with E-state index in [1.807, 2.05) is 0 Å². The molecule has 0 aromatic heterocycles. The van der Waals surface area contributed by atoms with E-state index in [2.05, 4.69) is 0 Å². The van der Waals surface area contributed by atoms with E-state index >= 15 is 4.39 Å². The van der Waals surface area contributed by atoms with Crippen molar-refractivity contribution >= 4 is 49.5 Å². The van der Waals surface area contributed by atoms with Gasteiger partial charge in [0.2, 0.25) is 5.91 Å². The lowest BCUT2D eigenvalue weighted by molar-refractivity contribution is -0.490. The molecule has 0 radical (unpaired) electrons. The second-order valence-corrected chi connectivity index (χ2v) is 12.5. The Bertz CT molecular complexity index is 1560. The molecular weight excluding hydrogens is 625 g/mol. The smallest absolute Gasteiger partial charge is 0.315 e. The first kappa shape index (κ1) is 36.6. The van der Waals surface area contributed by atoms with Crippen LogP contribution in [0.5, 0.6) is 5.75 Å². The number of amides is 2. The Morgan fingerprint density at radius 2 is 1.68 bits per heavy atom. The fourth-order valence-corrected chi connectivity index (χ4v) is 5.62. The topological polar surface area (TPSA) is 250 Å². The molecule has 0 saturated carbocycles. The van der Waals surface area contributed by atoms with Gasteiger partial charge >= 0.3 is 11.8 Å². The van der Waals surface area contributed by atoms with Gasteiger partial charge in [-0.3, -0.25) is 29.5 Å². The number of aliphatic hydroxyl groups is 8. The van der Waals surface area contributed by atoms with E-state index in [1.54, 1.807) is 5.32 Å². The third kappa shape index (κ3) is 6.13. The number of imide groups is 1. The van der Waals surface area contributed by atoms with E-state index in [9.17, 15) is 55.2 Å². The molecule has 47 heavy (non-hydrogen) atoms. The number of carbonyl (C=O) groups excluding carboxylic acids is 3. The van der Waals surface area contributed by atoms with Crippen molar-refractivity contribution in [3.05, 3.63) is 64.5 Å². The minimum atomic E-state index is -3.75. The van der Waals surface area contributed by atoms with Crippen LogP contribution < -0.4 is 10.1 Å². The van der Waals surface area contributed by atoms with Crippen LogP contribution in [0, 0.1) is 5.82 Å². The molecule has 9 N–H and O–H groups in total. The summed E-state index contributed by atoms with van der Waals surface area (Å²) in [6, 6.07) is 6.12. The maximum Gasteiger partial charge on any atom is 0.315 e. The summed E-state index contributed by atoms with van der Waals surface area (Å²) in [5.74, 6) is -14.3. The molecule has 21 heteroatoms. The molecule has 3 atom stereocenters. The lowest BCUT2D eigenvalue weighted by atomic mass is 9.48. The van der Waals surface area contributed by atoms with Crippen LogP contribution in [0.3, 0.4) is 0 Å². The average molecular weight is 659 g/mol. The zero-order valence-corrected chi connectivity index (χ0v) is 26.1. The first-order chi connectivity index (χ1) is 21.4. The molecule has 2 aromatic rings. The van der Waals surface area contributed by atoms with Crippen molar-refractivity contribution in [3.63, 3.8) is 0 Å². The highest BCUT2D eigenvalue weighted by molar-refractivity contribution is 6.45. The van der Waals surface area contributed by atoms with Crippen molar-refractivity contribution in [2.24, 2.45) is 0 Å². The molecule has 0 aliphatic carbocycles. The standard InChI is InChI=1S/C26H34B4FN3O13/c1-33(18-19(36)32-20(37)22(40,41)21(18,38)39)9-15-13(10-35)3-2-4-17(15)46-11-14-6-5-12(7-16(14)31)8-34-23(27,28)25(30,43)47-26(44,45)24(34,29)42/h2-7,10,18,38-45H,8-9,11,27-30H2,1H3,(H,32,36,37)/t18-,24?,25?/m1/s1. The Balaban J connectivity index is 1.56. The predicted molar refractivity (Wildman–Crippen MR) is 166 cm³/mol. The average Bonchev–Trinajstić information content (AvgIpc) is 2.93. The summed E-state index contributed by atoms with van der Waals surface area (Å²) >= 11 is 0. The third-order valence-corrected chi connectivity index (χ3v) is 8.98. The van der Waals surface area contributed by atoms with Crippen molar-refractivity contribution < 1.29 is 69.1 Å². The summed E-state index contributed by atoms with van der Waals surface area (Å²) in [5.41, 5.74) is -4.16. The van der Waals surface area contributed by atoms with Gasteiger partial charge in [0.25, 0.3) is 11.7 Å². The van der Waals surface area contributed by atoms with Crippen LogP contribution in [0.15, 0.2) is 36.4 Å². The van der Waals surface area contributed by atoms with E-state index < -0.39 is 71.0 Å². The summed E-state index contributed by atoms with van der Waals surface area (Å²) in [6.07, 6.45) is 0.455. The molecule has 250 valence electrons. The zero-order chi connectivity index (χ0) is 35.5. The number of aldehydes is 1. The Morgan fingerprint density at radius 1 is 1.04 bits per heavy atom. The summed E-state index contributed by atoms with van der Waals surface area (Å²) in [4.78, 5) is 38.2. The Hall–Kier alpha value is -3.20. The van der Waals surface area contributed by atoms with Crippen LogP contribution in [0.4, 0.5) is 4.39 Å². The zero-order valence-electron chi connectivity index (χ0n) is 26.1. The van der Waals surface area contributed by atoms with Gasteiger partial charge in [0.15, 0.2) is 33.6 Å². The van der Waals surface area contributed by atoms with E-state index in [0.29, 0.717) is 6.29 Å². The van der Waals surface area contributed by atoms with Crippen molar-refractivity contribution in [2.75, 3.05) is 7.05 Å². The molecular formula is C26H34B4FN3O13. The largest absolute Gasteiger partial charge is 0.488 e. The molecule has 2 saturated heterocycles. The molecule has 2 heterocycles. The van der Waals surface area contributed by atoms with Crippen molar-refractivity contribution in [1.29, 1.82) is 0 Å². The van der Waals surface area contributed by atoms with E-state index in [4.69, 9.17) is 9.47 Å². The normalized spacial score (nSPS) is 28.1. The Morgan fingerprint density at radius 3 is 2.28 bits per heavy atom. The first-order valence-electron chi connectivity index (χ1n) is 14.2. The number of ether oxygens (including phenoxy) is 2. The van der Waals surface area contributed by atoms with Gasteiger partial charge in [-0.2, -0.15) is 0 Å². The fraction of sp³-hybridized carbons (Fsp3) is 0.423. The van der Waals surface area contributed by atoms with E-state index in [0.717, 1.165) is 23.7 Å². The summed E-state index contributed by atoms with van der Waals surface area (Å²) in [6.45, 7) is -1.08. The van der Waals surface area contributed by atoms with Crippen molar-refractivity contribution in [3.8, 4) is 5.75 Å². The van der Waals surface area contributed by atoms with Gasteiger partial charge in [0.1, 0.15) is 39.6 Å². The Labute approximate surface area is 270 Å². The van der Waals surface area contributed by atoms with Gasteiger partial charge in [-0.1, -0.05) is 24.3 Å². The van der Waals surface area contributed by atoms with Crippen molar-refractivity contribution in [2.45, 2.75) is 59.9 Å². The lowest BCUT2D eigenvalue weighted by Gasteiger charge is -2.62. The molecule has 4 rings (SSSR count).